The summed E-state index contributed by atoms with van der Waals surface area (Å²) in [5.74, 6) is 1.26. The molecule has 0 amide bonds. The van der Waals surface area contributed by atoms with E-state index in [1.54, 1.807) is 6.33 Å². The molecule has 15 heavy (non-hydrogen) atoms. The van der Waals surface area contributed by atoms with Crippen molar-refractivity contribution in [2.75, 3.05) is 32.8 Å². The summed E-state index contributed by atoms with van der Waals surface area (Å²) in [5, 5.41) is 7.78. The molecule has 1 aliphatic rings. The molecule has 1 aliphatic heterocycles. The Morgan fingerprint density at radius 3 is 2.87 bits per heavy atom. The van der Waals surface area contributed by atoms with Crippen LogP contribution in [0.5, 0.6) is 0 Å². The molecule has 1 saturated heterocycles. The van der Waals surface area contributed by atoms with Gasteiger partial charge in [-0.1, -0.05) is 0 Å². The third-order valence-corrected chi connectivity index (χ3v) is 2.82. The first-order chi connectivity index (χ1) is 7.40. The van der Waals surface area contributed by atoms with Gasteiger partial charge in [0.15, 0.2) is 0 Å². The first-order valence-electron chi connectivity index (χ1n) is 5.13. The second-order valence-electron chi connectivity index (χ2n) is 3.53. The van der Waals surface area contributed by atoms with Gasteiger partial charge in [0.1, 0.15) is 12.2 Å². The molecular weight excluding hydrogens is 216 g/mol. The summed E-state index contributed by atoms with van der Waals surface area (Å²) in [6.45, 7) is 5.60. The van der Waals surface area contributed by atoms with Crippen LogP contribution in [0.2, 0.25) is 0 Å². The van der Waals surface area contributed by atoms with Crippen LogP contribution in [-0.4, -0.2) is 52.5 Å². The zero-order chi connectivity index (χ0) is 10.5. The second kappa shape index (κ2) is 5.44. The van der Waals surface area contributed by atoms with Crippen LogP contribution in [0.4, 0.5) is 0 Å². The fourth-order valence-corrected chi connectivity index (χ4v) is 1.85. The van der Waals surface area contributed by atoms with Gasteiger partial charge in [0.05, 0.1) is 19.1 Å². The standard InChI is InChI=1S/C9H15ClN4O/c10-7-9-12-11-8-14(9)2-1-13-3-5-15-6-4-13/h8H,1-7H2. The SMILES string of the molecule is ClCc1nncn1CCN1CCOCC1. The maximum absolute atomic E-state index is 5.74. The van der Waals surface area contributed by atoms with Gasteiger partial charge >= 0.3 is 0 Å². The van der Waals surface area contributed by atoms with E-state index in [9.17, 15) is 0 Å². The van der Waals surface area contributed by atoms with Gasteiger partial charge < -0.3 is 9.30 Å². The van der Waals surface area contributed by atoms with E-state index in [1.165, 1.54) is 0 Å². The number of aromatic nitrogens is 3. The summed E-state index contributed by atoms with van der Waals surface area (Å²) in [6.07, 6.45) is 1.73. The summed E-state index contributed by atoms with van der Waals surface area (Å²) in [5.41, 5.74) is 0. The molecule has 0 spiro atoms. The highest BCUT2D eigenvalue weighted by Gasteiger charge is 2.10. The summed E-state index contributed by atoms with van der Waals surface area (Å²) >= 11 is 5.74. The normalized spacial score (nSPS) is 18.2. The Bertz CT molecular complexity index is 298. The molecule has 0 N–H and O–H groups in total. The highest BCUT2D eigenvalue weighted by Crippen LogP contribution is 2.01. The molecule has 0 aliphatic carbocycles. The lowest BCUT2D eigenvalue weighted by molar-refractivity contribution is 0.0363. The fraction of sp³-hybridized carbons (Fsp3) is 0.778. The van der Waals surface area contributed by atoms with Gasteiger partial charge in [-0.15, -0.1) is 21.8 Å². The molecule has 0 atom stereocenters. The van der Waals surface area contributed by atoms with E-state index in [0.717, 1.165) is 45.2 Å². The Labute approximate surface area is 94.0 Å². The molecule has 1 aromatic rings. The molecule has 2 heterocycles. The van der Waals surface area contributed by atoms with Crippen LogP contribution in [0.25, 0.3) is 0 Å². The van der Waals surface area contributed by atoms with Gasteiger partial charge in [0.25, 0.3) is 0 Å². The van der Waals surface area contributed by atoms with Crippen LogP contribution < -0.4 is 0 Å². The van der Waals surface area contributed by atoms with Crippen LogP contribution in [-0.2, 0) is 17.2 Å². The van der Waals surface area contributed by atoms with E-state index in [-0.39, 0.29) is 0 Å². The zero-order valence-corrected chi connectivity index (χ0v) is 9.36. The highest BCUT2D eigenvalue weighted by atomic mass is 35.5. The van der Waals surface area contributed by atoms with Gasteiger partial charge in [-0.25, -0.2) is 0 Å². The van der Waals surface area contributed by atoms with Crippen molar-refractivity contribution in [3.8, 4) is 0 Å². The van der Waals surface area contributed by atoms with Crippen LogP contribution in [0.15, 0.2) is 6.33 Å². The van der Waals surface area contributed by atoms with Crippen LogP contribution >= 0.6 is 11.6 Å². The number of hydrogen-bond acceptors (Lipinski definition) is 4. The number of alkyl halides is 1. The molecule has 0 radical (unpaired) electrons. The largest absolute Gasteiger partial charge is 0.379 e. The van der Waals surface area contributed by atoms with Gasteiger partial charge in [0, 0.05) is 26.2 Å². The van der Waals surface area contributed by atoms with Gasteiger partial charge in [-0.3, -0.25) is 4.90 Å². The topological polar surface area (TPSA) is 43.2 Å². The van der Waals surface area contributed by atoms with Crippen molar-refractivity contribution in [3.63, 3.8) is 0 Å². The Balaban J connectivity index is 1.81. The summed E-state index contributed by atoms with van der Waals surface area (Å²) in [4.78, 5) is 2.38. The zero-order valence-electron chi connectivity index (χ0n) is 8.60. The maximum atomic E-state index is 5.74. The Hall–Kier alpha value is -0.650. The van der Waals surface area contributed by atoms with Crippen molar-refractivity contribution < 1.29 is 4.74 Å². The van der Waals surface area contributed by atoms with Gasteiger partial charge in [-0.2, -0.15) is 0 Å². The van der Waals surface area contributed by atoms with E-state index in [1.807, 2.05) is 4.57 Å². The average molecular weight is 231 g/mol. The summed E-state index contributed by atoms with van der Waals surface area (Å²) in [7, 11) is 0. The minimum atomic E-state index is 0.420. The molecule has 1 aromatic heterocycles. The molecule has 1 fully saturated rings. The van der Waals surface area contributed by atoms with Crippen molar-refractivity contribution >= 4 is 11.6 Å². The molecule has 6 heteroatoms. The first-order valence-corrected chi connectivity index (χ1v) is 5.66. The first kappa shape index (κ1) is 10.9. The predicted octanol–water partition coefficient (Wildman–Crippen LogP) is 0.349. The van der Waals surface area contributed by atoms with Crippen LogP contribution in [0, 0.1) is 0 Å². The molecular formula is C9H15ClN4O. The monoisotopic (exact) mass is 230 g/mol. The summed E-state index contributed by atoms with van der Waals surface area (Å²) in [6, 6.07) is 0. The van der Waals surface area contributed by atoms with Gasteiger partial charge in [-0.05, 0) is 0 Å². The van der Waals surface area contributed by atoms with E-state index >= 15 is 0 Å². The highest BCUT2D eigenvalue weighted by molar-refractivity contribution is 6.16. The Morgan fingerprint density at radius 1 is 1.33 bits per heavy atom. The van der Waals surface area contributed by atoms with Crippen molar-refractivity contribution in [1.82, 2.24) is 19.7 Å². The quantitative estimate of drug-likeness (QED) is 0.701. The van der Waals surface area contributed by atoms with Crippen molar-refractivity contribution in [3.05, 3.63) is 12.2 Å². The number of ether oxygens (including phenoxy) is 1. The van der Waals surface area contributed by atoms with Crippen molar-refractivity contribution in [1.29, 1.82) is 0 Å². The number of hydrogen-bond donors (Lipinski definition) is 0. The van der Waals surface area contributed by atoms with Crippen molar-refractivity contribution in [2.24, 2.45) is 0 Å². The predicted molar refractivity (Wildman–Crippen MR) is 56.8 cm³/mol. The fourth-order valence-electron chi connectivity index (χ4n) is 1.64. The molecule has 0 aromatic carbocycles. The molecule has 0 bridgehead atoms. The molecule has 0 unspecified atom stereocenters. The number of rotatable bonds is 4. The Kier molecular flexibility index (Phi) is 3.94. The minimum absolute atomic E-state index is 0.420. The lowest BCUT2D eigenvalue weighted by atomic mass is 10.4. The molecule has 5 nitrogen and oxygen atoms in total. The van der Waals surface area contributed by atoms with E-state index in [2.05, 4.69) is 15.1 Å². The minimum Gasteiger partial charge on any atom is -0.379 e. The number of halogens is 1. The molecule has 2 rings (SSSR count). The maximum Gasteiger partial charge on any atom is 0.147 e. The van der Waals surface area contributed by atoms with Crippen LogP contribution in [0.3, 0.4) is 0 Å². The van der Waals surface area contributed by atoms with E-state index in [0.29, 0.717) is 5.88 Å². The molecule has 84 valence electrons. The van der Waals surface area contributed by atoms with Gasteiger partial charge in [0.2, 0.25) is 0 Å². The molecule has 0 saturated carbocycles. The van der Waals surface area contributed by atoms with E-state index < -0.39 is 0 Å². The lowest BCUT2D eigenvalue weighted by Gasteiger charge is -2.26. The number of nitrogens with zero attached hydrogens (tertiary/aromatic N) is 4. The lowest BCUT2D eigenvalue weighted by Crippen LogP contribution is -2.38. The third kappa shape index (κ3) is 2.90. The second-order valence-corrected chi connectivity index (χ2v) is 3.80. The van der Waals surface area contributed by atoms with Crippen molar-refractivity contribution in [2.45, 2.75) is 12.4 Å². The smallest absolute Gasteiger partial charge is 0.147 e. The van der Waals surface area contributed by atoms with E-state index in [4.69, 9.17) is 16.3 Å². The van der Waals surface area contributed by atoms with Crippen LogP contribution in [0.1, 0.15) is 5.82 Å². The summed E-state index contributed by atoms with van der Waals surface area (Å²) < 4.78 is 7.29. The Morgan fingerprint density at radius 2 is 2.13 bits per heavy atom. The number of morpholine rings is 1. The third-order valence-electron chi connectivity index (χ3n) is 2.58. The average Bonchev–Trinajstić information content (AvgIpc) is 2.75.